The molecule has 2 rings (SSSR count). The Morgan fingerprint density at radius 3 is 2.73 bits per heavy atom. The van der Waals surface area contributed by atoms with E-state index in [1.54, 1.807) is 18.2 Å². The lowest BCUT2D eigenvalue weighted by atomic mass is 10.1. The van der Waals surface area contributed by atoms with Gasteiger partial charge in [0.05, 0.1) is 3.79 Å². The summed E-state index contributed by atoms with van der Waals surface area (Å²) in [6, 6.07) is 4.93. The lowest BCUT2D eigenvalue weighted by molar-refractivity contribution is 0.101. The molecule has 0 aromatic carbocycles. The van der Waals surface area contributed by atoms with Crippen LogP contribution in [0.15, 0.2) is 26.4 Å². The molecule has 0 saturated heterocycles. The Kier molecular flexibility index (Phi) is 3.00. The number of carbonyl (C=O) groups is 1. The highest BCUT2D eigenvalue weighted by Gasteiger charge is 2.17. The predicted octanol–water partition coefficient (Wildman–Crippen LogP) is 4.30. The first-order valence-electron chi connectivity index (χ1n) is 4.14. The molecule has 2 nitrogen and oxygen atoms in total. The number of furan rings is 1. The van der Waals surface area contributed by atoms with Crippen molar-refractivity contribution in [3.8, 4) is 0 Å². The maximum atomic E-state index is 11.9. The molecule has 0 spiro atoms. The highest BCUT2D eigenvalue weighted by molar-refractivity contribution is 9.11. The summed E-state index contributed by atoms with van der Waals surface area (Å²) in [5.41, 5.74) is 0.651. The van der Waals surface area contributed by atoms with Crippen molar-refractivity contribution in [3.05, 3.63) is 43.4 Å². The van der Waals surface area contributed by atoms with Crippen molar-refractivity contribution in [3.63, 3.8) is 0 Å². The zero-order valence-electron chi connectivity index (χ0n) is 7.71. The molecule has 0 N–H and O–H groups in total. The van der Waals surface area contributed by atoms with Crippen molar-refractivity contribution >= 4 is 44.7 Å². The number of carbonyl (C=O) groups excluding carboxylic acids is 1. The highest BCUT2D eigenvalue weighted by atomic mass is 79.9. The smallest absolute Gasteiger partial charge is 0.229 e. The molecule has 0 atom stereocenters. The van der Waals surface area contributed by atoms with E-state index in [0.29, 0.717) is 5.56 Å². The molecule has 2 heterocycles. The van der Waals surface area contributed by atoms with Crippen LogP contribution in [0.4, 0.5) is 0 Å². The Balaban J connectivity index is 2.40. The molecular weight excluding hydrogens is 300 g/mol. The average molecular weight is 306 g/mol. The molecule has 2 aromatic rings. The molecule has 0 bridgehead atoms. The number of thiophene rings is 1. The third-order valence-corrected chi connectivity index (χ3v) is 3.69. The van der Waals surface area contributed by atoms with Gasteiger partial charge in [-0.1, -0.05) is 0 Å². The first-order valence-corrected chi connectivity index (χ1v) is 6.12. The van der Waals surface area contributed by atoms with Gasteiger partial charge in [0.25, 0.3) is 0 Å². The van der Waals surface area contributed by atoms with Gasteiger partial charge in [0.2, 0.25) is 5.78 Å². The summed E-state index contributed by atoms with van der Waals surface area (Å²) in [5, 5.41) is 0.227. The van der Waals surface area contributed by atoms with Crippen LogP contribution >= 0.6 is 38.9 Å². The van der Waals surface area contributed by atoms with Gasteiger partial charge in [0.15, 0.2) is 11.0 Å². The van der Waals surface area contributed by atoms with Gasteiger partial charge in [0.1, 0.15) is 0 Å². The zero-order valence-corrected chi connectivity index (χ0v) is 10.9. The Morgan fingerprint density at radius 2 is 2.27 bits per heavy atom. The Hall–Kier alpha value is -0.580. The van der Waals surface area contributed by atoms with Crippen LogP contribution in [0.5, 0.6) is 0 Å². The molecule has 0 radical (unpaired) electrons. The van der Waals surface area contributed by atoms with Crippen molar-refractivity contribution in [2.75, 3.05) is 0 Å². The number of hydrogen-bond acceptors (Lipinski definition) is 3. The van der Waals surface area contributed by atoms with Crippen LogP contribution in [0.3, 0.4) is 0 Å². The molecule has 0 amide bonds. The van der Waals surface area contributed by atoms with Crippen LogP contribution in [0, 0.1) is 6.92 Å². The SMILES string of the molecule is Cc1sc(Br)cc1C(=O)c1ccc(Cl)o1. The second-order valence-corrected chi connectivity index (χ2v) is 5.96. The summed E-state index contributed by atoms with van der Waals surface area (Å²) in [5.74, 6) is 0.134. The van der Waals surface area contributed by atoms with E-state index in [1.807, 2.05) is 6.92 Å². The van der Waals surface area contributed by atoms with Gasteiger partial charge >= 0.3 is 0 Å². The molecule has 2 aromatic heterocycles. The van der Waals surface area contributed by atoms with E-state index in [4.69, 9.17) is 16.0 Å². The maximum absolute atomic E-state index is 11.9. The third kappa shape index (κ3) is 2.17. The predicted molar refractivity (Wildman–Crippen MR) is 63.9 cm³/mol. The maximum Gasteiger partial charge on any atom is 0.229 e. The number of hydrogen-bond donors (Lipinski definition) is 0. The van der Waals surface area contributed by atoms with E-state index < -0.39 is 0 Å². The highest BCUT2D eigenvalue weighted by Crippen LogP contribution is 2.28. The van der Waals surface area contributed by atoms with Crippen molar-refractivity contribution in [2.45, 2.75) is 6.92 Å². The fraction of sp³-hybridized carbons (Fsp3) is 0.100. The van der Waals surface area contributed by atoms with Gasteiger partial charge in [-0.15, -0.1) is 11.3 Å². The first kappa shape index (κ1) is 10.9. The topological polar surface area (TPSA) is 30.2 Å². The van der Waals surface area contributed by atoms with Crippen LogP contribution in [-0.4, -0.2) is 5.78 Å². The first-order chi connectivity index (χ1) is 7.08. The zero-order chi connectivity index (χ0) is 11.0. The summed E-state index contributed by atoms with van der Waals surface area (Å²) in [4.78, 5) is 12.9. The van der Waals surface area contributed by atoms with Crippen molar-refractivity contribution in [1.82, 2.24) is 0 Å². The molecular formula is C10H6BrClO2S. The summed E-state index contributed by atoms with van der Waals surface area (Å²) in [7, 11) is 0. The van der Waals surface area contributed by atoms with Gasteiger partial charge in [-0.2, -0.15) is 0 Å². The summed E-state index contributed by atoms with van der Waals surface area (Å²) < 4.78 is 6.00. The van der Waals surface area contributed by atoms with Crippen molar-refractivity contribution in [1.29, 1.82) is 0 Å². The Bertz CT molecular complexity index is 515. The number of halogens is 2. The quantitative estimate of drug-likeness (QED) is 0.775. The summed E-state index contributed by atoms with van der Waals surface area (Å²) in [6.45, 7) is 1.90. The Morgan fingerprint density at radius 1 is 1.53 bits per heavy atom. The molecule has 0 aliphatic heterocycles. The monoisotopic (exact) mass is 304 g/mol. The number of rotatable bonds is 2. The lowest BCUT2D eigenvalue weighted by Gasteiger charge is -1.94. The molecule has 0 unspecified atom stereocenters. The second-order valence-electron chi connectivity index (χ2n) is 2.95. The third-order valence-electron chi connectivity index (χ3n) is 1.93. The minimum absolute atomic E-state index is 0.138. The minimum Gasteiger partial charge on any atom is -0.441 e. The van der Waals surface area contributed by atoms with Gasteiger partial charge in [-0.25, -0.2) is 0 Å². The van der Waals surface area contributed by atoms with Crippen LogP contribution in [0.2, 0.25) is 5.22 Å². The van der Waals surface area contributed by atoms with Gasteiger partial charge in [-0.3, -0.25) is 4.79 Å². The van der Waals surface area contributed by atoms with Gasteiger partial charge < -0.3 is 4.42 Å². The second kappa shape index (κ2) is 4.12. The molecule has 0 fully saturated rings. The standard InChI is InChI=1S/C10H6BrClO2S/c1-5-6(4-8(11)15-5)10(13)7-2-3-9(12)14-7/h2-4H,1H3. The van der Waals surface area contributed by atoms with E-state index in [0.717, 1.165) is 8.66 Å². The van der Waals surface area contributed by atoms with Crippen LogP contribution in [-0.2, 0) is 0 Å². The van der Waals surface area contributed by atoms with Crippen molar-refractivity contribution in [2.24, 2.45) is 0 Å². The van der Waals surface area contributed by atoms with Crippen LogP contribution in [0.25, 0.3) is 0 Å². The minimum atomic E-state index is -0.138. The molecule has 78 valence electrons. The summed E-state index contributed by atoms with van der Waals surface area (Å²) >= 11 is 10.5. The van der Waals surface area contributed by atoms with E-state index in [9.17, 15) is 4.79 Å². The Labute approximate surface area is 104 Å². The fourth-order valence-corrected chi connectivity index (χ4v) is 3.07. The number of ketones is 1. The molecule has 0 saturated carbocycles. The van der Waals surface area contributed by atoms with Crippen molar-refractivity contribution < 1.29 is 9.21 Å². The van der Waals surface area contributed by atoms with E-state index >= 15 is 0 Å². The molecule has 15 heavy (non-hydrogen) atoms. The normalized spacial score (nSPS) is 10.6. The molecule has 5 heteroatoms. The number of aryl methyl sites for hydroxylation is 1. The largest absolute Gasteiger partial charge is 0.441 e. The fourth-order valence-electron chi connectivity index (χ4n) is 1.24. The van der Waals surface area contributed by atoms with E-state index in [-0.39, 0.29) is 16.8 Å². The van der Waals surface area contributed by atoms with E-state index in [2.05, 4.69) is 15.9 Å². The van der Waals surface area contributed by atoms with Crippen LogP contribution < -0.4 is 0 Å². The summed E-state index contributed by atoms with van der Waals surface area (Å²) in [6.07, 6.45) is 0. The van der Waals surface area contributed by atoms with Crippen LogP contribution in [0.1, 0.15) is 21.0 Å². The lowest BCUT2D eigenvalue weighted by Crippen LogP contribution is -1.98. The van der Waals surface area contributed by atoms with Gasteiger partial charge in [0, 0.05) is 10.4 Å². The van der Waals surface area contributed by atoms with Gasteiger partial charge in [-0.05, 0) is 52.7 Å². The molecule has 0 aliphatic carbocycles. The van der Waals surface area contributed by atoms with E-state index in [1.165, 1.54) is 11.3 Å². The molecule has 0 aliphatic rings. The average Bonchev–Trinajstić information content (AvgIpc) is 2.71.